The number of benzene rings is 2. The fraction of sp³-hybridized carbons (Fsp3) is 0.208. The summed E-state index contributed by atoms with van der Waals surface area (Å²) in [4.78, 5) is 39.5. The van der Waals surface area contributed by atoms with E-state index in [0.29, 0.717) is 22.5 Å². The molecule has 2 aromatic carbocycles. The summed E-state index contributed by atoms with van der Waals surface area (Å²) in [6.07, 6.45) is 0. The Balaban J connectivity index is 1.69. The quantitative estimate of drug-likeness (QED) is 0.398. The number of hydrogen-bond donors (Lipinski definition) is 1. The molecule has 0 amide bonds. The standard InChI is InChI=1S/C24H24N2O6S/c1-15-22(17(3)27)16(2)25-23(15)21(28)14-32-24(29)18-10-12-20(13-11-18)33(30,31)26(4)19-8-6-5-7-9-19/h5-13,25H,14H2,1-4H3. The van der Waals surface area contributed by atoms with Crippen LogP contribution in [0.25, 0.3) is 0 Å². The Bertz CT molecular complexity index is 1310. The number of carbonyl (C=O) groups excluding carboxylic acids is 3. The highest BCUT2D eigenvalue weighted by Crippen LogP contribution is 2.22. The molecule has 1 heterocycles. The van der Waals surface area contributed by atoms with E-state index in [2.05, 4.69) is 4.98 Å². The number of Topliss-reactive ketones (excluding diaryl/α,β-unsaturated/α-hetero) is 2. The third kappa shape index (κ3) is 4.88. The number of anilines is 1. The Hall–Kier alpha value is -3.72. The number of nitrogens with one attached hydrogen (secondary N) is 1. The van der Waals surface area contributed by atoms with Gasteiger partial charge in [0.1, 0.15) is 0 Å². The van der Waals surface area contributed by atoms with Gasteiger partial charge < -0.3 is 9.72 Å². The van der Waals surface area contributed by atoms with Crippen LogP contribution in [0.15, 0.2) is 59.5 Å². The van der Waals surface area contributed by atoms with Crippen LogP contribution in [0.5, 0.6) is 0 Å². The number of rotatable bonds is 8. The number of nitrogens with zero attached hydrogens (tertiary/aromatic N) is 1. The van der Waals surface area contributed by atoms with Crippen molar-refractivity contribution in [2.45, 2.75) is 25.7 Å². The molecule has 0 aliphatic rings. The summed E-state index contributed by atoms with van der Waals surface area (Å²) in [5, 5.41) is 0. The summed E-state index contributed by atoms with van der Waals surface area (Å²) in [6, 6.07) is 13.9. The maximum Gasteiger partial charge on any atom is 0.338 e. The number of aromatic nitrogens is 1. The highest BCUT2D eigenvalue weighted by atomic mass is 32.2. The molecule has 0 fully saturated rings. The minimum absolute atomic E-state index is 0.00993. The van der Waals surface area contributed by atoms with Gasteiger partial charge in [-0.05, 0) is 62.7 Å². The number of ether oxygens (including phenoxy) is 1. The van der Waals surface area contributed by atoms with Crippen molar-refractivity contribution in [2.75, 3.05) is 18.0 Å². The van der Waals surface area contributed by atoms with Gasteiger partial charge in [-0.25, -0.2) is 13.2 Å². The third-order valence-corrected chi connectivity index (χ3v) is 7.07. The first-order valence-corrected chi connectivity index (χ1v) is 11.5. The van der Waals surface area contributed by atoms with Crippen LogP contribution in [0.1, 0.15) is 49.4 Å². The number of aryl methyl sites for hydroxylation is 1. The van der Waals surface area contributed by atoms with E-state index in [-0.39, 0.29) is 21.9 Å². The molecule has 0 saturated carbocycles. The Morgan fingerprint density at radius 3 is 2.12 bits per heavy atom. The van der Waals surface area contributed by atoms with E-state index in [0.717, 1.165) is 4.31 Å². The zero-order valence-electron chi connectivity index (χ0n) is 18.7. The second-order valence-corrected chi connectivity index (χ2v) is 9.48. The molecule has 0 aliphatic carbocycles. The minimum Gasteiger partial charge on any atom is -0.454 e. The molecule has 0 atom stereocenters. The molecule has 3 rings (SSSR count). The van der Waals surface area contributed by atoms with E-state index in [1.165, 1.54) is 38.2 Å². The van der Waals surface area contributed by atoms with Crippen LogP contribution < -0.4 is 4.31 Å². The normalized spacial score (nSPS) is 11.2. The van der Waals surface area contributed by atoms with Crippen molar-refractivity contribution < 1.29 is 27.5 Å². The van der Waals surface area contributed by atoms with E-state index in [9.17, 15) is 22.8 Å². The molecule has 1 aromatic heterocycles. The number of H-pyrrole nitrogens is 1. The molecule has 9 heteroatoms. The van der Waals surface area contributed by atoms with Crippen LogP contribution in [0.3, 0.4) is 0 Å². The van der Waals surface area contributed by atoms with Crippen molar-refractivity contribution in [3.63, 3.8) is 0 Å². The lowest BCUT2D eigenvalue weighted by atomic mass is 10.1. The molecule has 0 spiro atoms. The van der Waals surface area contributed by atoms with Gasteiger partial charge in [0, 0.05) is 18.3 Å². The van der Waals surface area contributed by atoms with Crippen LogP contribution >= 0.6 is 0 Å². The first kappa shape index (κ1) is 23.9. The molecule has 3 aromatic rings. The summed E-state index contributed by atoms with van der Waals surface area (Å²) in [6.45, 7) is 4.24. The van der Waals surface area contributed by atoms with Crippen molar-refractivity contribution in [1.29, 1.82) is 0 Å². The minimum atomic E-state index is -3.81. The second-order valence-electron chi connectivity index (χ2n) is 7.51. The first-order valence-electron chi connectivity index (χ1n) is 10.1. The van der Waals surface area contributed by atoms with Gasteiger partial charge in [-0.1, -0.05) is 18.2 Å². The maximum absolute atomic E-state index is 12.8. The Labute approximate surface area is 192 Å². The highest BCUT2D eigenvalue weighted by molar-refractivity contribution is 7.92. The number of sulfonamides is 1. The zero-order valence-corrected chi connectivity index (χ0v) is 19.5. The van der Waals surface area contributed by atoms with Crippen molar-refractivity contribution in [3.8, 4) is 0 Å². The van der Waals surface area contributed by atoms with Crippen LogP contribution in [-0.4, -0.2) is 44.6 Å². The number of hydrogen-bond acceptors (Lipinski definition) is 6. The van der Waals surface area contributed by atoms with Crippen LogP contribution in [-0.2, 0) is 14.8 Å². The van der Waals surface area contributed by atoms with Crippen LogP contribution in [0.4, 0.5) is 5.69 Å². The number of esters is 1. The molecule has 0 saturated heterocycles. The fourth-order valence-corrected chi connectivity index (χ4v) is 4.74. The third-order valence-electron chi connectivity index (χ3n) is 5.27. The van der Waals surface area contributed by atoms with E-state index in [1.54, 1.807) is 44.2 Å². The molecule has 172 valence electrons. The van der Waals surface area contributed by atoms with E-state index in [1.807, 2.05) is 0 Å². The average molecular weight is 469 g/mol. The number of para-hydroxylation sites is 1. The molecular formula is C24H24N2O6S. The van der Waals surface area contributed by atoms with Gasteiger partial charge in [0.05, 0.1) is 21.8 Å². The summed E-state index contributed by atoms with van der Waals surface area (Å²) >= 11 is 0. The smallest absolute Gasteiger partial charge is 0.338 e. The topological polar surface area (TPSA) is 114 Å². The lowest BCUT2D eigenvalue weighted by Crippen LogP contribution is -2.26. The molecule has 33 heavy (non-hydrogen) atoms. The predicted octanol–water partition coefficient (Wildman–Crippen LogP) is 3.70. The van der Waals surface area contributed by atoms with Crippen molar-refractivity contribution >= 4 is 33.2 Å². The Morgan fingerprint density at radius 2 is 1.58 bits per heavy atom. The SMILES string of the molecule is CC(=O)c1c(C)[nH]c(C(=O)COC(=O)c2ccc(S(=O)(=O)N(C)c3ccccc3)cc2)c1C. The number of aromatic amines is 1. The summed E-state index contributed by atoms with van der Waals surface area (Å²) < 4.78 is 31.9. The lowest BCUT2D eigenvalue weighted by molar-refractivity contribution is 0.0473. The highest BCUT2D eigenvalue weighted by Gasteiger charge is 2.23. The van der Waals surface area contributed by atoms with Gasteiger partial charge >= 0.3 is 5.97 Å². The molecule has 1 N–H and O–H groups in total. The van der Waals surface area contributed by atoms with Crippen molar-refractivity contribution in [2.24, 2.45) is 0 Å². The molecule has 8 nitrogen and oxygen atoms in total. The van der Waals surface area contributed by atoms with E-state index >= 15 is 0 Å². The number of ketones is 2. The zero-order chi connectivity index (χ0) is 24.3. The second kappa shape index (κ2) is 9.41. The van der Waals surface area contributed by atoms with Crippen LogP contribution in [0, 0.1) is 13.8 Å². The van der Waals surface area contributed by atoms with E-state index < -0.39 is 28.4 Å². The maximum atomic E-state index is 12.8. The van der Waals surface area contributed by atoms with Gasteiger partial charge in [-0.3, -0.25) is 13.9 Å². The molecule has 0 unspecified atom stereocenters. The van der Waals surface area contributed by atoms with Crippen molar-refractivity contribution in [1.82, 2.24) is 4.98 Å². The summed E-state index contributed by atoms with van der Waals surface area (Å²) in [5.74, 6) is -1.40. The van der Waals surface area contributed by atoms with Crippen LogP contribution in [0.2, 0.25) is 0 Å². The monoisotopic (exact) mass is 468 g/mol. The van der Waals surface area contributed by atoms with Gasteiger partial charge in [0.15, 0.2) is 12.4 Å². The van der Waals surface area contributed by atoms with Gasteiger partial charge in [0.25, 0.3) is 10.0 Å². The number of carbonyl (C=O) groups is 3. The average Bonchev–Trinajstić information content (AvgIpc) is 3.11. The summed E-state index contributed by atoms with van der Waals surface area (Å²) in [5.41, 5.74) is 2.36. The summed E-state index contributed by atoms with van der Waals surface area (Å²) in [7, 11) is -2.37. The fourth-order valence-electron chi connectivity index (χ4n) is 3.54. The largest absolute Gasteiger partial charge is 0.454 e. The first-order chi connectivity index (χ1) is 15.5. The van der Waals surface area contributed by atoms with Gasteiger partial charge in [-0.15, -0.1) is 0 Å². The van der Waals surface area contributed by atoms with Gasteiger partial charge in [-0.2, -0.15) is 0 Å². The molecule has 0 bridgehead atoms. The van der Waals surface area contributed by atoms with Gasteiger partial charge in [0.2, 0.25) is 5.78 Å². The molecule has 0 radical (unpaired) electrons. The van der Waals surface area contributed by atoms with E-state index in [4.69, 9.17) is 4.74 Å². The van der Waals surface area contributed by atoms with Crippen molar-refractivity contribution in [3.05, 3.63) is 82.7 Å². The molecule has 0 aliphatic heterocycles. The molecular weight excluding hydrogens is 444 g/mol. The predicted molar refractivity (Wildman–Crippen MR) is 123 cm³/mol. The Morgan fingerprint density at radius 1 is 0.970 bits per heavy atom. The lowest BCUT2D eigenvalue weighted by Gasteiger charge is -2.19. The Kier molecular flexibility index (Phi) is 6.83.